The lowest BCUT2D eigenvalue weighted by Crippen LogP contribution is -2.54. The number of benzene rings is 4. The molecular weight excluding hydrogens is 643 g/mol. The van der Waals surface area contributed by atoms with Crippen molar-refractivity contribution >= 4 is 58.0 Å². The van der Waals surface area contributed by atoms with E-state index in [0.29, 0.717) is 28.8 Å². The molecular formula is C39H40Cl2N4O3. The van der Waals surface area contributed by atoms with E-state index in [9.17, 15) is 14.4 Å². The predicted molar refractivity (Wildman–Crippen MR) is 193 cm³/mol. The van der Waals surface area contributed by atoms with Crippen molar-refractivity contribution in [3.8, 4) is 11.1 Å². The van der Waals surface area contributed by atoms with Gasteiger partial charge in [0.15, 0.2) is 0 Å². The van der Waals surface area contributed by atoms with Gasteiger partial charge in [-0.2, -0.15) is 0 Å². The lowest BCUT2D eigenvalue weighted by molar-refractivity contribution is -0.135. The molecule has 2 aliphatic rings. The van der Waals surface area contributed by atoms with Crippen LogP contribution in [0.25, 0.3) is 11.1 Å². The summed E-state index contributed by atoms with van der Waals surface area (Å²) in [6.07, 6.45) is 3.92. The Kier molecular flexibility index (Phi) is 10.4. The molecule has 4 aromatic rings. The van der Waals surface area contributed by atoms with E-state index >= 15 is 0 Å². The van der Waals surface area contributed by atoms with Crippen LogP contribution >= 0.6 is 23.2 Å². The summed E-state index contributed by atoms with van der Waals surface area (Å²) in [6, 6.07) is 30.1. The minimum absolute atomic E-state index is 0.216. The van der Waals surface area contributed by atoms with Crippen LogP contribution in [0.2, 0.25) is 10.0 Å². The highest BCUT2D eigenvalue weighted by molar-refractivity contribution is 6.36. The SMILES string of the molecule is CCC[C@H](C(N)=O)[C@@H](CC1CC1)C(=O)NC1CN(c2ccccc2)c2ccccc2N(Cc2cccc(-c3ccc(Cl)cc3Cl)c2)C1=O. The molecule has 1 unspecified atom stereocenters. The van der Waals surface area contributed by atoms with Gasteiger partial charge < -0.3 is 20.9 Å². The molecule has 0 bridgehead atoms. The number of primary amides is 1. The first-order chi connectivity index (χ1) is 23.2. The molecule has 4 aromatic carbocycles. The van der Waals surface area contributed by atoms with Crippen molar-refractivity contribution in [3.05, 3.63) is 113 Å². The van der Waals surface area contributed by atoms with Crippen molar-refractivity contribution in [1.29, 1.82) is 0 Å². The molecule has 48 heavy (non-hydrogen) atoms. The molecule has 3 N–H and O–H groups in total. The Balaban J connectivity index is 1.38. The molecule has 0 radical (unpaired) electrons. The van der Waals surface area contributed by atoms with Crippen molar-refractivity contribution in [2.75, 3.05) is 16.3 Å². The van der Waals surface area contributed by atoms with E-state index in [0.717, 1.165) is 53.0 Å². The van der Waals surface area contributed by atoms with Gasteiger partial charge in [0.05, 0.1) is 24.5 Å². The number of rotatable bonds is 12. The van der Waals surface area contributed by atoms with Crippen molar-refractivity contribution in [1.82, 2.24) is 5.32 Å². The normalized spacial score (nSPS) is 17.3. The Labute approximate surface area is 292 Å². The second kappa shape index (κ2) is 14.8. The van der Waals surface area contributed by atoms with Gasteiger partial charge in [0.2, 0.25) is 11.8 Å². The van der Waals surface area contributed by atoms with Crippen LogP contribution in [0.4, 0.5) is 17.1 Å². The molecule has 9 heteroatoms. The Bertz CT molecular complexity index is 1800. The maximum atomic E-state index is 14.7. The summed E-state index contributed by atoms with van der Waals surface area (Å²) in [5.41, 5.74) is 11.0. The molecule has 0 aromatic heterocycles. The van der Waals surface area contributed by atoms with Crippen LogP contribution in [0, 0.1) is 17.8 Å². The summed E-state index contributed by atoms with van der Waals surface area (Å²) in [6.45, 7) is 2.46. The molecule has 3 atom stereocenters. The maximum absolute atomic E-state index is 14.7. The number of hydrogen-bond acceptors (Lipinski definition) is 4. The first-order valence-electron chi connectivity index (χ1n) is 16.6. The highest BCUT2D eigenvalue weighted by Gasteiger charge is 2.40. The molecule has 0 spiro atoms. The molecule has 6 rings (SSSR count). The zero-order chi connectivity index (χ0) is 33.8. The Morgan fingerprint density at radius 1 is 0.896 bits per heavy atom. The van der Waals surface area contributed by atoms with E-state index in [2.05, 4.69) is 10.2 Å². The molecule has 7 nitrogen and oxygen atoms in total. The topological polar surface area (TPSA) is 95.7 Å². The summed E-state index contributed by atoms with van der Waals surface area (Å²) < 4.78 is 0. The number of nitrogens with one attached hydrogen (secondary N) is 1. The standard InChI is InChI=1S/C39H40Cl2N4O3/c1-2-9-31(37(42)46)32(21-25-16-17-25)38(47)43-34-24-44(29-12-4-3-5-13-29)35-14-6-7-15-36(35)45(39(34)48)23-26-10-8-11-27(20-26)30-19-18-28(40)22-33(30)41/h3-8,10-15,18-20,22,25,31-32,34H,2,9,16-17,21,23-24H2,1H3,(H2,42,46)(H,43,47)/t31-,32+,34?/m0/s1. The highest BCUT2D eigenvalue weighted by atomic mass is 35.5. The quantitative estimate of drug-likeness (QED) is 0.158. The number of anilines is 3. The number of hydrogen-bond donors (Lipinski definition) is 2. The van der Waals surface area contributed by atoms with Crippen molar-refractivity contribution in [2.24, 2.45) is 23.5 Å². The first kappa shape index (κ1) is 33.6. The smallest absolute Gasteiger partial charge is 0.251 e. The Hall–Kier alpha value is -4.33. The number of carbonyl (C=O) groups excluding carboxylic acids is 3. The number of nitrogens with zero attached hydrogens (tertiary/aromatic N) is 2. The summed E-state index contributed by atoms with van der Waals surface area (Å²) in [5.74, 6) is -1.78. The van der Waals surface area contributed by atoms with Crippen molar-refractivity contribution in [2.45, 2.75) is 51.6 Å². The van der Waals surface area contributed by atoms with Gasteiger partial charge in [0, 0.05) is 33.1 Å². The molecule has 1 saturated carbocycles. The van der Waals surface area contributed by atoms with Crippen molar-refractivity contribution < 1.29 is 14.4 Å². The molecule has 1 aliphatic carbocycles. The monoisotopic (exact) mass is 682 g/mol. The fraction of sp³-hybridized carbons (Fsp3) is 0.308. The van der Waals surface area contributed by atoms with E-state index in [4.69, 9.17) is 28.9 Å². The van der Waals surface area contributed by atoms with Crippen LogP contribution < -0.4 is 20.9 Å². The number of halogens is 2. The Morgan fingerprint density at radius 2 is 1.62 bits per heavy atom. The van der Waals surface area contributed by atoms with Gasteiger partial charge in [-0.3, -0.25) is 14.4 Å². The summed E-state index contributed by atoms with van der Waals surface area (Å²) in [7, 11) is 0. The Morgan fingerprint density at radius 3 is 2.31 bits per heavy atom. The second-order valence-corrected chi connectivity index (χ2v) is 13.7. The van der Waals surface area contributed by atoms with Gasteiger partial charge >= 0.3 is 0 Å². The lowest BCUT2D eigenvalue weighted by Gasteiger charge is -2.29. The van der Waals surface area contributed by atoms with Gasteiger partial charge in [0.1, 0.15) is 6.04 Å². The number of nitrogens with two attached hydrogens (primary N) is 1. The zero-order valence-electron chi connectivity index (χ0n) is 26.9. The third-order valence-electron chi connectivity index (χ3n) is 9.36. The molecule has 248 valence electrons. The number of fused-ring (bicyclic) bond motifs is 1. The highest BCUT2D eigenvalue weighted by Crippen LogP contribution is 2.40. The van der Waals surface area contributed by atoms with E-state index in [1.807, 2.05) is 91.9 Å². The molecule has 1 aliphatic heterocycles. The van der Waals surface area contributed by atoms with Gasteiger partial charge in [-0.05, 0) is 72.4 Å². The average Bonchev–Trinajstić information content (AvgIpc) is 3.92. The minimum Gasteiger partial charge on any atom is -0.369 e. The van der Waals surface area contributed by atoms with Crippen LogP contribution in [0.1, 0.15) is 44.6 Å². The predicted octanol–water partition coefficient (Wildman–Crippen LogP) is 8.15. The van der Waals surface area contributed by atoms with Gasteiger partial charge in [-0.1, -0.05) is 104 Å². The molecule has 0 saturated heterocycles. The summed E-state index contributed by atoms with van der Waals surface area (Å²) >= 11 is 12.7. The van der Waals surface area contributed by atoms with E-state index in [-0.39, 0.29) is 24.9 Å². The number of para-hydroxylation sites is 3. The van der Waals surface area contributed by atoms with E-state index < -0.39 is 23.8 Å². The third kappa shape index (κ3) is 7.53. The average molecular weight is 684 g/mol. The second-order valence-electron chi connectivity index (χ2n) is 12.8. The first-order valence-corrected chi connectivity index (χ1v) is 17.4. The fourth-order valence-electron chi connectivity index (χ4n) is 6.75. The van der Waals surface area contributed by atoms with Gasteiger partial charge in [0.25, 0.3) is 5.91 Å². The van der Waals surface area contributed by atoms with Crippen molar-refractivity contribution in [3.63, 3.8) is 0 Å². The molecule has 3 amide bonds. The van der Waals surface area contributed by atoms with Crippen LogP contribution in [-0.2, 0) is 20.9 Å². The van der Waals surface area contributed by atoms with E-state index in [1.54, 1.807) is 17.0 Å². The van der Waals surface area contributed by atoms with Crippen LogP contribution in [-0.4, -0.2) is 30.3 Å². The molecule has 1 fully saturated rings. The van der Waals surface area contributed by atoms with Gasteiger partial charge in [-0.15, -0.1) is 0 Å². The van der Waals surface area contributed by atoms with Gasteiger partial charge in [-0.25, -0.2) is 0 Å². The largest absolute Gasteiger partial charge is 0.369 e. The zero-order valence-corrected chi connectivity index (χ0v) is 28.5. The maximum Gasteiger partial charge on any atom is 0.251 e. The fourth-order valence-corrected chi connectivity index (χ4v) is 7.27. The number of amides is 3. The third-order valence-corrected chi connectivity index (χ3v) is 9.91. The summed E-state index contributed by atoms with van der Waals surface area (Å²) in [5, 5.41) is 4.22. The van der Waals surface area contributed by atoms with E-state index in [1.165, 1.54) is 0 Å². The molecule has 1 heterocycles. The van der Waals surface area contributed by atoms with Crippen LogP contribution in [0.5, 0.6) is 0 Å². The van der Waals surface area contributed by atoms with Crippen LogP contribution in [0.15, 0.2) is 97.1 Å². The minimum atomic E-state index is -0.893. The number of carbonyl (C=O) groups is 3. The van der Waals surface area contributed by atoms with Crippen LogP contribution in [0.3, 0.4) is 0 Å². The summed E-state index contributed by atoms with van der Waals surface area (Å²) in [4.78, 5) is 45.3. The lowest BCUT2D eigenvalue weighted by atomic mass is 9.83.